The third-order valence-electron chi connectivity index (χ3n) is 5.19. The fraction of sp³-hybridized carbons (Fsp3) is 0.316. The lowest BCUT2D eigenvalue weighted by molar-refractivity contribution is -0.112. The zero-order valence-electron chi connectivity index (χ0n) is 13.1. The van der Waals surface area contributed by atoms with Gasteiger partial charge in [-0.1, -0.05) is 12.1 Å². The van der Waals surface area contributed by atoms with Gasteiger partial charge in [0.15, 0.2) is 0 Å². The Bertz CT molecular complexity index is 887. The molecule has 0 amide bonds. The van der Waals surface area contributed by atoms with E-state index in [-0.39, 0.29) is 0 Å². The molecule has 1 aromatic heterocycles. The summed E-state index contributed by atoms with van der Waals surface area (Å²) in [7, 11) is 0. The molecule has 0 radical (unpaired) electrons. The monoisotopic (exact) mass is 308 g/mol. The van der Waals surface area contributed by atoms with E-state index in [4.69, 9.17) is 4.42 Å². The van der Waals surface area contributed by atoms with Gasteiger partial charge in [-0.2, -0.15) is 0 Å². The Morgan fingerprint density at radius 3 is 2.65 bits per heavy atom. The van der Waals surface area contributed by atoms with Crippen LogP contribution in [-0.2, 0) is 16.6 Å². The number of aldehydes is 1. The van der Waals surface area contributed by atoms with Crippen LogP contribution in [0.2, 0.25) is 0 Å². The molecule has 116 valence electrons. The zero-order valence-corrected chi connectivity index (χ0v) is 13.1. The summed E-state index contributed by atoms with van der Waals surface area (Å²) in [4.78, 5) is 36.8. The van der Waals surface area contributed by atoms with Crippen molar-refractivity contribution in [3.8, 4) is 11.3 Å². The molecule has 0 saturated heterocycles. The molecule has 1 atom stereocenters. The van der Waals surface area contributed by atoms with Crippen LogP contribution in [0.5, 0.6) is 0 Å². The summed E-state index contributed by atoms with van der Waals surface area (Å²) in [5.74, 6) is -0.516. The highest BCUT2D eigenvalue weighted by Crippen LogP contribution is 2.44. The van der Waals surface area contributed by atoms with Crippen molar-refractivity contribution < 1.29 is 18.8 Å². The number of hydrogen-bond donors (Lipinski definition) is 0. The number of aryl methyl sites for hydroxylation is 1. The van der Waals surface area contributed by atoms with E-state index in [1.165, 1.54) is 6.26 Å². The van der Waals surface area contributed by atoms with Crippen LogP contribution in [0.3, 0.4) is 0 Å². The van der Waals surface area contributed by atoms with Gasteiger partial charge in [0.25, 0.3) is 0 Å². The molecule has 0 N–H and O–H groups in total. The summed E-state index contributed by atoms with van der Waals surface area (Å²) in [6.45, 7) is 3.66. The van der Waals surface area contributed by atoms with Gasteiger partial charge in [-0.25, -0.2) is 0 Å². The van der Waals surface area contributed by atoms with E-state index in [2.05, 4.69) is 0 Å². The maximum absolute atomic E-state index is 12.7. The maximum Gasteiger partial charge on any atom is 0.237 e. The van der Waals surface area contributed by atoms with E-state index >= 15 is 0 Å². The summed E-state index contributed by atoms with van der Waals surface area (Å²) < 4.78 is 5.56. The molecule has 0 saturated carbocycles. The van der Waals surface area contributed by atoms with Crippen molar-refractivity contribution in [2.75, 3.05) is 0 Å². The maximum atomic E-state index is 12.7. The molecule has 1 heterocycles. The first-order valence-corrected chi connectivity index (χ1v) is 7.78. The lowest BCUT2D eigenvalue weighted by Gasteiger charge is -2.33. The molecule has 2 aliphatic carbocycles. The molecule has 0 spiro atoms. The Morgan fingerprint density at radius 2 is 1.91 bits per heavy atom. The number of carbonyl (C=O) groups is 3. The minimum Gasteiger partial charge on any atom is -0.463 e. The van der Waals surface area contributed by atoms with Gasteiger partial charge < -0.3 is 9.21 Å². The van der Waals surface area contributed by atoms with E-state index in [9.17, 15) is 14.4 Å². The number of furan rings is 1. The number of ketones is 2. The van der Waals surface area contributed by atoms with Crippen LogP contribution in [0.25, 0.3) is 11.3 Å². The van der Waals surface area contributed by atoms with Crippen molar-refractivity contribution in [1.82, 2.24) is 0 Å². The standard InChI is InChI=1S/C19H16O4/c1-10-8-23-18-12-5-6-13-11(4-3-7-19(13,2)9-20)15(12)17(22)16(21)14(10)18/h5-6,8-9H,3-4,7H2,1-2H3. The highest BCUT2D eigenvalue weighted by atomic mass is 16.3. The Hall–Kier alpha value is -2.49. The number of Topliss-reactive ketones (excluding diaryl/α,β-unsaturated/α-hetero) is 2. The van der Waals surface area contributed by atoms with E-state index < -0.39 is 17.0 Å². The number of rotatable bonds is 1. The van der Waals surface area contributed by atoms with Gasteiger partial charge >= 0.3 is 0 Å². The molecule has 0 aliphatic heterocycles. The van der Waals surface area contributed by atoms with E-state index in [0.29, 0.717) is 34.4 Å². The lowest BCUT2D eigenvalue weighted by atomic mass is 9.69. The number of hydrogen-bond acceptors (Lipinski definition) is 4. The van der Waals surface area contributed by atoms with Crippen molar-refractivity contribution in [1.29, 1.82) is 0 Å². The third kappa shape index (κ3) is 1.69. The minimum absolute atomic E-state index is 0.372. The van der Waals surface area contributed by atoms with Gasteiger partial charge in [-0.15, -0.1) is 0 Å². The predicted molar refractivity (Wildman–Crippen MR) is 83.9 cm³/mol. The average molecular weight is 308 g/mol. The normalized spacial score (nSPS) is 22.3. The van der Waals surface area contributed by atoms with Crippen LogP contribution in [0, 0.1) is 6.92 Å². The van der Waals surface area contributed by atoms with Gasteiger partial charge in [0.2, 0.25) is 11.6 Å². The number of carbonyl (C=O) groups excluding carboxylic acids is 3. The van der Waals surface area contributed by atoms with Gasteiger partial charge in [0.05, 0.1) is 11.8 Å². The smallest absolute Gasteiger partial charge is 0.237 e. The predicted octanol–water partition coefficient (Wildman–Crippen LogP) is 3.43. The van der Waals surface area contributed by atoms with Crippen LogP contribution >= 0.6 is 0 Å². The fourth-order valence-electron chi connectivity index (χ4n) is 3.93. The van der Waals surface area contributed by atoms with Gasteiger partial charge in [-0.3, -0.25) is 9.59 Å². The highest BCUT2D eigenvalue weighted by Gasteiger charge is 2.40. The van der Waals surface area contributed by atoms with E-state index in [1.54, 1.807) is 6.92 Å². The van der Waals surface area contributed by atoms with Crippen molar-refractivity contribution >= 4 is 17.9 Å². The quantitative estimate of drug-likeness (QED) is 0.598. The van der Waals surface area contributed by atoms with Crippen LogP contribution in [0.4, 0.5) is 0 Å². The second kappa shape index (κ2) is 4.51. The SMILES string of the molecule is Cc1coc2c1C(=O)C(=O)c1c-2ccc2c1CCCC2(C)C=O. The highest BCUT2D eigenvalue weighted by molar-refractivity contribution is 6.53. The van der Waals surface area contributed by atoms with Gasteiger partial charge in [0.1, 0.15) is 12.0 Å². The molecular formula is C19H16O4. The molecule has 1 aromatic carbocycles. The number of benzene rings is 1. The van der Waals surface area contributed by atoms with Crippen LogP contribution in [0.1, 0.15) is 57.2 Å². The molecule has 4 nitrogen and oxygen atoms in total. The van der Waals surface area contributed by atoms with Crippen molar-refractivity contribution in [2.45, 2.75) is 38.5 Å². The molecule has 0 bridgehead atoms. The Balaban J connectivity index is 2.06. The lowest BCUT2D eigenvalue weighted by Crippen LogP contribution is -2.32. The second-order valence-electron chi connectivity index (χ2n) is 6.68. The van der Waals surface area contributed by atoms with Crippen LogP contribution in [-0.4, -0.2) is 17.9 Å². The molecule has 0 fully saturated rings. The Labute approximate surface area is 133 Å². The molecule has 4 rings (SSSR count). The molecule has 2 aromatic rings. The summed E-state index contributed by atoms with van der Waals surface area (Å²) >= 11 is 0. The van der Waals surface area contributed by atoms with Gasteiger partial charge in [-0.05, 0) is 49.8 Å². The average Bonchev–Trinajstić information content (AvgIpc) is 2.94. The topological polar surface area (TPSA) is 64.3 Å². The first-order chi connectivity index (χ1) is 11.0. The fourth-order valence-corrected chi connectivity index (χ4v) is 3.93. The molecule has 4 heteroatoms. The summed E-state index contributed by atoms with van der Waals surface area (Å²) in [5.41, 5.74) is 3.27. The summed E-state index contributed by atoms with van der Waals surface area (Å²) in [6.07, 6.45) is 4.75. The first kappa shape index (κ1) is 14.1. The minimum atomic E-state index is -0.592. The van der Waals surface area contributed by atoms with Crippen molar-refractivity contribution in [3.63, 3.8) is 0 Å². The zero-order chi connectivity index (χ0) is 16.4. The van der Waals surface area contributed by atoms with E-state index in [1.807, 2.05) is 19.1 Å². The molecule has 23 heavy (non-hydrogen) atoms. The van der Waals surface area contributed by atoms with Crippen LogP contribution in [0.15, 0.2) is 22.8 Å². The molecular weight excluding hydrogens is 292 g/mol. The molecule has 1 unspecified atom stereocenters. The largest absolute Gasteiger partial charge is 0.463 e. The number of fused-ring (bicyclic) bond motifs is 5. The first-order valence-electron chi connectivity index (χ1n) is 7.78. The Kier molecular flexibility index (Phi) is 2.77. The third-order valence-corrected chi connectivity index (χ3v) is 5.19. The van der Waals surface area contributed by atoms with E-state index in [0.717, 1.165) is 30.3 Å². The van der Waals surface area contributed by atoms with Crippen LogP contribution < -0.4 is 0 Å². The van der Waals surface area contributed by atoms with Crippen molar-refractivity contribution in [2.24, 2.45) is 0 Å². The second-order valence-corrected chi connectivity index (χ2v) is 6.68. The Morgan fingerprint density at radius 1 is 1.17 bits per heavy atom. The summed E-state index contributed by atoms with van der Waals surface area (Å²) in [6, 6.07) is 3.72. The van der Waals surface area contributed by atoms with Crippen molar-refractivity contribution in [3.05, 3.63) is 46.2 Å². The van der Waals surface area contributed by atoms with Gasteiger partial charge in [0, 0.05) is 16.5 Å². The summed E-state index contributed by atoms with van der Waals surface area (Å²) in [5, 5.41) is 0. The molecule has 2 aliphatic rings.